The second kappa shape index (κ2) is 5.68. The van der Waals surface area contributed by atoms with E-state index in [0.717, 1.165) is 16.9 Å². The summed E-state index contributed by atoms with van der Waals surface area (Å²) < 4.78 is 5.42. The summed E-state index contributed by atoms with van der Waals surface area (Å²) in [5.74, 6) is -0.678. The molecule has 2 unspecified atom stereocenters. The number of rotatable bonds is 5. The lowest BCUT2D eigenvalue weighted by atomic mass is 9.94. The van der Waals surface area contributed by atoms with E-state index in [1.165, 1.54) is 0 Å². The van der Waals surface area contributed by atoms with Crippen LogP contribution in [0.4, 0.5) is 0 Å². The number of hydrogen-bond donors (Lipinski definition) is 2. The molecule has 4 nitrogen and oxygen atoms in total. The van der Waals surface area contributed by atoms with Gasteiger partial charge in [0, 0.05) is 6.04 Å². The molecule has 0 bridgehead atoms. The van der Waals surface area contributed by atoms with Crippen LogP contribution in [-0.2, 0) is 4.79 Å². The fraction of sp³-hybridized carbons (Fsp3) is 0.462. The lowest BCUT2D eigenvalue weighted by Crippen LogP contribution is -2.25. The Bertz CT molecular complexity index is 404. The van der Waals surface area contributed by atoms with E-state index in [0.29, 0.717) is 6.61 Å². The minimum atomic E-state index is -0.885. The van der Waals surface area contributed by atoms with Gasteiger partial charge < -0.3 is 15.6 Å². The zero-order chi connectivity index (χ0) is 13.0. The monoisotopic (exact) mass is 237 g/mol. The highest BCUT2D eigenvalue weighted by molar-refractivity contribution is 5.70. The van der Waals surface area contributed by atoms with Gasteiger partial charge in [0.05, 0.1) is 12.5 Å². The van der Waals surface area contributed by atoms with E-state index in [1.807, 2.05) is 32.0 Å². The number of nitrogens with two attached hydrogens (primary N) is 1. The summed E-state index contributed by atoms with van der Waals surface area (Å²) >= 11 is 0. The fourth-order valence-corrected chi connectivity index (χ4v) is 1.64. The summed E-state index contributed by atoms with van der Waals surface area (Å²) in [7, 11) is 0. The van der Waals surface area contributed by atoms with E-state index in [-0.39, 0.29) is 0 Å². The Balaban J connectivity index is 2.93. The number of aryl methyl sites for hydroxylation is 1. The Morgan fingerprint density at radius 3 is 2.65 bits per heavy atom. The quantitative estimate of drug-likeness (QED) is 0.822. The number of aliphatic carboxylic acids is 1. The molecule has 94 valence electrons. The molecule has 2 atom stereocenters. The van der Waals surface area contributed by atoms with Crippen LogP contribution in [0.5, 0.6) is 5.75 Å². The molecule has 1 aromatic carbocycles. The lowest BCUT2D eigenvalue weighted by Gasteiger charge is -2.18. The van der Waals surface area contributed by atoms with Crippen LogP contribution >= 0.6 is 0 Å². The van der Waals surface area contributed by atoms with E-state index >= 15 is 0 Å². The van der Waals surface area contributed by atoms with Gasteiger partial charge in [0.25, 0.3) is 0 Å². The van der Waals surface area contributed by atoms with Crippen LogP contribution in [0.2, 0.25) is 0 Å². The average Bonchev–Trinajstić information content (AvgIpc) is 2.30. The Kier molecular flexibility index (Phi) is 4.52. The van der Waals surface area contributed by atoms with Crippen LogP contribution in [-0.4, -0.2) is 17.7 Å². The maximum atomic E-state index is 10.9. The van der Waals surface area contributed by atoms with E-state index in [1.54, 1.807) is 6.92 Å². The first-order valence-corrected chi connectivity index (χ1v) is 5.69. The van der Waals surface area contributed by atoms with Crippen LogP contribution in [0.15, 0.2) is 18.2 Å². The summed E-state index contributed by atoms with van der Waals surface area (Å²) in [6.45, 7) is 6.06. The minimum absolute atomic E-state index is 0.498. The van der Waals surface area contributed by atoms with Gasteiger partial charge in [-0.25, -0.2) is 0 Å². The average molecular weight is 237 g/mol. The zero-order valence-corrected chi connectivity index (χ0v) is 10.4. The summed E-state index contributed by atoms with van der Waals surface area (Å²) in [6.07, 6.45) is 0. The van der Waals surface area contributed by atoms with Gasteiger partial charge in [-0.2, -0.15) is 0 Å². The molecular weight excluding hydrogens is 218 g/mol. The Morgan fingerprint density at radius 2 is 2.18 bits per heavy atom. The van der Waals surface area contributed by atoms with Gasteiger partial charge in [0.1, 0.15) is 5.75 Å². The van der Waals surface area contributed by atoms with Crippen molar-refractivity contribution >= 4 is 5.97 Å². The number of carboxylic acid groups (broad SMARTS) is 1. The van der Waals surface area contributed by atoms with Crippen molar-refractivity contribution < 1.29 is 14.6 Å². The molecule has 0 amide bonds. The summed E-state index contributed by atoms with van der Waals surface area (Å²) in [5.41, 5.74) is 7.70. The minimum Gasteiger partial charge on any atom is -0.494 e. The second-order valence-corrected chi connectivity index (χ2v) is 4.11. The lowest BCUT2D eigenvalue weighted by molar-refractivity contribution is -0.141. The standard InChI is InChI=1S/C13H19NO3/c1-4-17-11-6-5-10(7-8(11)2)12(14)9(3)13(15)16/h5-7,9,12H,4,14H2,1-3H3,(H,15,16). The van der Waals surface area contributed by atoms with Crippen molar-refractivity contribution in [2.45, 2.75) is 26.8 Å². The number of hydrogen-bond acceptors (Lipinski definition) is 3. The Labute approximate surface area is 101 Å². The molecule has 0 fully saturated rings. The van der Waals surface area contributed by atoms with Gasteiger partial charge in [0.15, 0.2) is 0 Å². The van der Waals surface area contributed by atoms with Crippen molar-refractivity contribution in [3.05, 3.63) is 29.3 Å². The fourth-order valence-electron chi connectivity index (χ4n) is 1.64. The molecular formula is C13H19NO3. The maximum absolute atomic E-state index is 10.9. The number of ether oxygens (including phenoxy) is 1. The highest BCUT2D eigenvalue weighted by atomic mass is 16.5. The largest absolute Gasteiger partial charge is 0.494 e. The molecule has 0 aliphatic rings. The van der Waals surface area contributed by atoms with Gasteiger partial charge in [-0.15, -0.1) is 0 Å². The van der Waals surface area contributed by atoms with Crippen molar-refractivity contribution in [2.24, 2.45) is 11.7 Å². The molecule has 0 aliphatic heterocycles. The van der Waals surface area contributed by atoms with Gasteiger partial charge in [-0.05, 0) is 31.0 Å². The molecule has 0 aliphatic carbocycles. The third-order valence-electron chi connectivity index (χ3n) is 2.81. The van der Waals surface area contributed by atoms with Crippen molar-refractivity contribution in [3.8, 4) is 5.75 Å². The van der Waals surface area contributed by atoms with Gasteiger partial charge in [-0.1, -0.05) is 19.1 Å². The van der Waals surface area contributed by atoms with Gasteiger partial charge in [0.2, 0.25) is 0 Å². The molecule has 1 rings (SSSR count). The molecule has 0 heterocycles. The van der Waals surface area contributed by atoms with Crippen LogP contribution < -0.4 is 10.5 Å². The smallest absolute Gasteiger partial charge is 0.308 e. The molecule has 17 heavy (non-hydrogen) atoms. The van der Waals surface area contributed by atoms with E-state index in [4.69, 9.17) is 15.6 Å². The normalized spacial score (nSPS) is 14.1. The first-order chi connectivity index (χ1) is 7.97. The highest BCUT2D eigenvalue weighted by Crippen LogP contribution is 2.25. The van der Waals surface area contributed by atoms with Crippen molar-refractivity contribution in [3.63, 3.8) is 0 Å². The van der Waals surface area contributed by atoms with Crippen LogP contribution in [0.3, 0.4) is 0 Å². The summed E-state index contributed by atoms with van der Waals surface area (Å²) in [5, 5.41) is 8.92. The first-order valence-electron chi connectivity index (χ1n) is 5.69. The Morgan fingerprint density at radius 1 is 1.53 bits per heavy atom. The summed E-state index contributed by atoms with van der Waals surface area (Å²) in [6, 6.07) is 5.04. The third kappa shape index (κ3) is 3.20. The van der Waals surface area contributed by atoms with E-state index in [9.17, 15) is 4.79 Å². The molecule has 0 radical (unpaired) electrons. The molecule has 1 aromatic rings. The van der Waals surface area contributed by atoms with Crippen molar-refractivity contribution in [1.82, 2.24) is 0 Å². The first kappa shape index (κ1) is 13.5. The summed E-state index contributed by atoms with van der Waals surface area (Å²) in [4.78, 5) is 10.9. The van der Waals surface area contributed by atoms with Crippen LogP contribution in [0.1, 0.15) is 31.0 Å². The topological polar surface area (TPSA) is 72.5 Å². The number of carboxylic acids is 1. The molecule has 0 spiro atoms. The molecule has 3 N–H and O–H groups in total. The second-order valence-electron chi connectivity index (χ2n) is 4.11. The number of benzene rings is 1. The predicted octanol–water partition coefficient (Wildman–Crippen LogP) is 2.11. The van der Waals surface area contributed by atoms with Gasteiger partial charge in [-0.3, -0.25) is 4.79 Å². The molecule has 4 heteroatoms. The van der Waals surface area contributed by atoms with Crippen molar-refractivity contribution in [2.75, 3.05) is 6.61 Å². The maximum Gasteiger partial charge on any atom is 0.308 e. The number of carbonyl (C=O) groups is 1. The van der Waals surface area contributed by atoms with E-state index in [2.05, 4.69) is 0 Å². The molecule has 0 saturated carbocycles. The van der Waals surface area contributed by atoms with Gasteiger partial charge >= 0.3 is 5.97 Å². The Hall–Kier alpha value is -1.55. The van der Waals surface area contributed by atoms with Crippen molar-refractivity contribution in [1.29, 1.82) is 0 Å². The zero-order valence-electron chi connectivity index (χ0n) is 10.4. The molecule has 0 saturated heterocycles. The third-order valence-corrected chi connectivity index (χ3v) is 2.81. The highest BCUT2D eigenvalue weighted by Gasteiger charge is 2.21. The predicted molar refractivity (Wildman–Crippen MR) is 66.1 cm³/mol. The molecule has 0 aromatic heterocycles. The SMILES string of the molecule is CCOc1ccc(C(N)C(C)C(=O)O)cc1C. The van der Waals surface area contributed by atoms with Crippen LogP contribution in [0, 0.1) is 12.8 Å². The van der Waals surface area contributed by atoms with E-state index < -0.39 is 17.9 Å². The van der Waals surface area contributed by atoms with Crippen LogP contribution in [0.25, 0.3) is 0 Å².